The summed E-state index contributed by atoms with van der Waals surface area (Å²) in [4.78, 5) is 51.2. The van der Waals surface area contributed by atoms with Gasteiger partial charge in [0.05, 0.1) is 19.6 Å². The van der Waals surface area contributed by atoms with Gasteiger partial charge in [0, 0.05) is 25.9 Å². The minimum Gasteiger partial charge on any atom is -0.497 e. The number of ketones is 3. The molecule has 38 heavy (non-hydrogen) atoms. The second kappa shape index (κ2) is 13.3. The predicted octanol–water partition coefficient (Wildman–Crippen LogP) is 4.72. The van der Waals surface area contributed by atoms with E-state index in [9.17, 15) is 36.7 Å². The molecule has 7 nitrogen and oxygen atoms in total. The van der Waals surface area contributed by atoms with Crippen molar-refractivity contribution in [3.8, 4) is 5.75 Å². The van der Waals surface area contributed by atoms with E-state index in [1.165, 1.54) is 52.3 Å². The van der Waals surface area contributed by atoms with Crippen molar-refractivity contribution < 1.29 is 46.2 Å². The van der Waals surface area contributed by atoms with E-state index < -0.39 is 71.7 Å². The molecular formula is C27H35F4NO6. The molecule has 1 aromatic rings. The molecule has 1 N–H and O–H groups in total. The van der Waals surface area contributed by atoms with Crippen molar-refractivity contribution in [2.45, 2.75) is 70.3 Å². The Bertz CT molecular complexity index is 986. The minimum atomic E-state index is -5.12. The number of methoxy groups -OCH3 is 2. The van der Waals surface area contributed by atoms with Crippen LogP contribution in [0.15, 0.2) is 24.3 Å². The Morgan fingerprint density at radius 3 is 2.05 bits per heavy atom. The zero-order valence-corrected chi connectivity index (χ0v) is 22.0. The Kier molecular flexibility index (Phi) is 11.0. The quantitative estimate of drug-likeness (QED) is 0.340. The lowest BCUT2D eigenvalue weighted by atomic mass is 9.84. The molecule has 0 bridgehead atoms. The van der Waals surface area contributed by atoms with E-state index >= 15 is 0 Å². The van der Waals surface area contributed by atoms with Gasteiger partial charge >= 0.3 is 6.18 Å². The van der Waals surface area contributed by atoms with Crippen molar-refractivity contribution in [1.82, 2.24) is 5.32 Å². The molecule has 1 aliphatic rings. The van der Waals surface area contributed by atoms with Crippen molar-refractivity contribution in [3.63, 3.8) is 0 Å². The van der Waals surface area contributed by atoms with Crippen LogP contribution in [-0.2, 0) is 23.9 Å². The summed E-state index contributed by atoms with van der Waals surface area (Å²) in [6, 6.07) is 4.51. The molecule has 0 aliphatic heterocycles. The van der Waals surface area contributed by atoms with Crippen LogP contribution in [-0.4, -0.2) is 55.9 Å². The van der Waals surface area contributed by atoms with E-state index in [4.69, 9.17) is 9.47 Å². The van der Waals surface area contributed by atoms with Crippen molar-refractivity contribution in [2.75, 3.05) is 20.8 Å². The molecule has 0 radical (unpaired) electrons. The fourth-order valence-electron chi connectivity index (χ4n) is 4.63. The zero-order chi connectivity index (χ0) is 28.7. The Morgan fingerprint density at radius 1 is 1.00 bits per heavy atom. The molecule has 0 aromatic heterocycles. The SMILES string of the molecule is COC[C@H](CC(=O)C1(F)CCCC1)C(=O)N[C@H](C(=O)C[C@H](C(=O)C(F)(F)F)C(C)C)c1ccc(OC)cc1. The van der Waals surface area contributed by atoms with E-state index in [1.807, 2.05) is 0 Å². The van der Waals surface area contributed by atoms with Gasteiger partial charge in [-0.3, -0.25) is 19.2 Å². The first-order chi connectivity index (χ1) is 17.7. The normalized spacial score (nSPS) is 17.5. The van der Waals surface area contributed by atoms with Crippen molar-refractivity contribution in [3.05, 3.63) is 29.8 Å². The number of halogens is 4. The summed E-state index contributed by atoms with van der Waals surface area (Å²) in [6.45, 7) is 2.57. The molecule has 0 spiro atoms. The number of hydrogen-bond donors (Lipinski definition) is 1. The fourth-order valence-corrected chi connectivity index (χ4v) is 4.63. The molecule has 1 aromatic carbocycles. The van der Waals surface area contributed by atoms with Crippen molar-refractivity contribution in [2.24, 2.45) is 17.8 Å². The molecule has 11 heteroatoms. The molecule has 1 fully saturated rings. The van der Waals surface area contributed by atoms with E-state index in [2.05, 4.69) is 5.32 Å². The first-order valence-corrected chi connectivity index (χ1v) is 12.5. The minimum absolute atomic E-state index is 0.0734. The number of ether oxygens (including phenoxy) is 2. The molecule has 0 saturated heterocycles. The van der Waals surface area contributed by atoms with Crippen LogP contribution < -0.4 is 10.1 Å². The maximum atomic E-state index is 15.0. The topological polar surface area (TPSA) is 98.8 Å². The number of Topliss-reactive ketones (excluding diaryl/α,β-unsaturated/α-hetero) is 3. The zero-order valence-electron chi connectivity index (χ0n) is 22.0. The highest BCUT2D eigenvalue weighted by molar-refractivity contribution is 5.97. The summed E-state index contributed by atoms with van der Waals surface area (Å²) in [5.74, 6) is -7.50. The molecular weight excluding hydrogens is 510 g/mol. The van der Waals surface area contributed by atoms with E-state index in [0.29, 0.717) is 18.6 Å². The Morgan fingerprint density at radius 2 is 1.58 bits per heavy atom. The summed E-state index contributed by atoms with van der Waals surface area (Å²) in [7, 11) is 2.72. The average Bonchev–Trinajstić information content (AvgIpc) is 3.32. The van der Waals surface area contributed by atoms with Gasteiger partial charge in [0.1, 0.15) is 11.8 Å². The third kappa shape index (κ3) is 8.09. The van der Waals surface area contributed by atoms with Crippen LogP contribution in [0.4, 0.5) is 17.6 Å². The summed E-state index contributed by atoms with van der Waals surface area (Å²) >= 11 is 0. The van der Waals surface area contributed by atoms with Gasteiger partial charge in [0.2, 0.25) is 11.7 Å². The second-order valence-electron chi connectivity index (χ2n) is 10.0. The molecule has 1 saturated carbocycles. The number of carbonyl (C=O) groups excluding carboxylic acids is 4. The lowest BCUT2D eigenvalue weighted by Gasteiger charge is -2.26. The summed E-state index contributed by atoms with van der Waals surface area (Å²) < 4.78 is 64.7. The molecule has 2 rings (SSSR count). The molecule has 212 valence electrons. The Balaban J connectivity index is 2.33. The van der Waals surface area contributed by atoms with Gasteiger partial charge in [-0.2, -0.15) is 13.2 Å². The van der Waals surface area contributed by atoms with Crippen LogP contribution in [0.3, 0.4) is 0 Å². The number of hydrogen-bond acceptors (Lipinski definition) is 6. The number of rotatable bonds is 14. The highest BCUT2D eigenvalue weighted by Crippen LogP contribution is 2.36. The number of benzene rings is 1. The highest BCUT2D eigenvalue weighted by atomic mass is 19.4. The Hall–Kier alpha value is -2.82. The maximum absolute atomic E-state index is 15.0. The number of carbonyl (C=O) groups is 4. The van der Waals surface area contributed by atoms with Gasteiger partial charge in [0.15, 0.2) is 17.2 Å². The smallest absolute Gasteiger partial charge is 0.450 e. The molecule has 1 aliphatic carbocycles. The lowest BCUT2D eigenvalue weighted by Crippen LogP contribution is -2.43. The van der Waals surface area contributed by atoms with Crippen molar-refractivity contribution >= 4 is 23.3 Å². The number of amides is 1. The lowest BCUT2D eigenvalue weighted by molar-refractivity contribution is -0.177. The summed E-state index contributed by atoms with van der Waals surface area (Å²) in [5.41, 5.74) is -1.77. The van der Waals surface area contributed by atoms with Gasteiger partial charge < -0.3 is 14.8 Å². The standard InChI is InChI=1S/C27H35F4NO6/c1-16(2)20(24(35)27(29,30)31)14-21(33)23(17-7-9-19(38-4)10-8-17)32-25(36)18(15-37-3)13-22(34)26(28)11-5-6-12-26/h7-10,16,18,20,23H,5-6,11-15H2,1-4H3,(H,32,36)/t18-,20-,23-/m0/s1. The third-order valence-electron chi connectivity index (χ3n) is 6.97. The summed E-state index contributed by atoms with van der Waals surface area (Å²) in [6.07, 6.45) is -5.08. The average molecular weight is 546 g/mol. The van der Waals surface area contributed by atoms with Crippen LogP contribution in [0.2, 0.25) is 0 Å². The number of nitrogens with one attached hydrogen (secondary N) is 1. The van der Waals surface area contributed by atoms with E-state index in [-0.39, 0.29) is 25.0 Å². The van der Waals surface area contributed by atoms with Crippen LogP contribution in [0.1, 0.15) is 64.0 Å². The Labute approximate surface area is 219 Å². The monoisotopic (exact) mass is 545 g/mol. The largest absolute Gasteiger partial charge is 0.497 e. The van der Waals surface area contributed by atoms with Gasteiger partial charge in [-0.25, -0.2) is 4.39 Å². The maximum Gasteiger partial charge on any atom is 0.450 e. The van der Waals surface area contributed by atoms with Crippen LogP contribution >= 0.6 is 0 Å². The van der Waals surface area contributed by atoms with Gasteiger partial charge in [-0.05, 0) is 49.3 Å². The van der Waals surface area contributed by atoms with Crippen molar-refractivity contribution in [1.29, 1.82) is 0 Å². The van der Waals surface area contributed by atoms with Crippen LogP contribution in [0, 0.1) is 17.8 Å². The molecule has 0 heterocycles. The van der Waals surface area contributed by atoms with E-state index in [1.54, 1.807) is 0 Å². The molecule has 0 unspecified atom stereocenters. The first kappa shape index (κ1) is 31.4. The van der Waals surface area contributed by atoms with Gasteiger partial charge in [-0.15, -0.1) is 0 Å². The van der Waals surface area contributed by atoms with Crippen LogP contribution in [0.25, 0.3) is 0 Å². The van der Waals surface area contributed by atoms with Gasteiger partial charge in [-0.1, -0.05) is 26.0 Å². The first-order valence-electron chi connectivity index (χ1n) is 12.5. The second-order valence-corrected chi connectivity index (χ2v) is 10.0. The summed E-state index contributed by atoms with van der Waals surface area (Å²) in [5, 5.41) is 2.51. The third-order valence-corrected chi connectivity index (χ3v) is 6.97. The van der Waals surface area contributed by atoms with Crippen LogP contribution in [0.5, 0.6) is 5.75 Å². The van der Waals surface area contributed by atoms with E-state index in [0.717, 1.165) is 0 Å². The predicted molar refractivity (Wildman–Crippen MR) is 130 cm³/mol. The molecule has 3 atom stereocenters. The number of alkyl halides is 4. The molecule has 1 amide bonds. The van der Waals surface area contributed by atoms with Gasteiger partial charge in [0.25, 0.3) is 0 Å². The fraction of sp³-hybridized carbons (Fsp3) is 0.630. The highest BCUT2D eigenvalue weighted by Gasteiger charge is 2.46.